The molecule has 0 bridgehead atoms. The first-order valence-corrected chi connectivity index (χ1v) is 9.72. The van der Waals surface area contributed by atoms with Crippen molar-refractivity contribution in [1.82, 2.24) is 9.88 Å². The zero-order valence-electron chi connectivity index (χ0n) is 16.8. The summed E-state index contributed by atoms with van der Waals surface area (Å²) in [6, 6.07) is 11.7. The Bertz CT molecular complexity index is 754. The second-order valence-electron chi connectivity index (χ2n) is 8.10. The molecular weight excluding hydrogens is 336 g/mol. The summed E-state index contributed by atoms with van der Waals surface area (Å²) in [6.45, 7) is 14.0. The summed E-state index contributed by atoms with van der Waals surface area (Å²) in [5, 5.41) is 2.89. The topological polar surface area (TPSA) is 48.5 Å². The molecule has 1 amide bonds. The normalized spacial score (nSPS) is 15.6. The van der Waals surface area contributed by atoms with Crippen LogP contribution in [0.25, 0.3) is 0 Å². The predicted molar refractivity (Wildman–Crippen MR) is 112 cm³/mol. The molecule has 1 aromatic heterocycles. The number of piperazine rings is 1. The molecule has 0 aliphatic carbocycles. The van der Waals surface area contributed by atoms with Gasteiger partial charge in [0.15, 0.2) is 0 Å². The van der Waals surface area contributed by atoms with Crippen LogP contribution in [0.4, 0.5) is 11.5 Å². The first-order valence-electron chi connectivity index (χ1n) is 9.72. The highest BCUT2D eigenvalue weighted by molar-refractivity contribution is 6.03. The molecule has 1 N–H and O–H groups in total. The van der Waals surface area contributed by atoms with Crippen molar-refractivity contribution in [2.45, 2.75) is 33.1 Å². The van der Waals surface area contributed by atoms with Crippen molar-refractivity contribution in [1.29, 1.82) is 0 Å². The van der Waals surface area contributed by atoms with E-state index in [1.807, 2.05) is 42.6 Å². The molecule has 5 heteroatoms. The van der Waals surface area contributed by atoms with Crippen molar-refractivity contribution < 1.29 is 4.79 Å². The van der Waals surface area contributed by atoms with Crippen LogP contribution >= 0.6 is 0 Å². The maximum Gasteiger partial charge on any atom is 0.256 e. The van der Waals surface area contributed by atoms with Gasteiger partial charge < -0.3 is 15.1 Å². The summed E-state index contributed by atoms with van der Waals surface area (Å²) in [7, 11) is 0. The molecular formula is C22H30N4O. The van der Waals surface area contributed by atoms with Crippen molar-refractivity contribution in [2.24, 2.45) is 0 Å². The largest absolute Gasteiger partial charge is 0.368 e. The summed E-state index contributed by atoms with van der Waals surface area (Å²) in [5.74, 6) is 0.447. The van der Waals surface area contributed by atoms with Gasteiger partial charge >= 0.3 is 0 Å². The fraction of sp³-hybridized carbons (Fsp3) is 0.455. The number of carbonyl (C=O) groups is 1. The number of nitrogens with one attached hydrogen (secondary N) is 1. The Kier molecular flexibility index (Phi) is 5.80. The van der Waals surface area contributed by atoms with E-state index in [9.17, 15) is 4.79 Å². The number of amides is 1. The number of benzene rings is 1. The number of carbonyl (C=O) groups excluding carboxylic acids is 1. The Morgan fingerprint density at radius 2 is 1.70 bits per heavy atom. The summed E-state index contributed by atoms with van der Waals surface area (Å²) in [5.41, 5.74) is 3.04. The standard InChI is InChI=1S/C22H30N4O/c1-5-25-12-14-26(15-13-25)19-10-11-20(23-16-19)24-21(27)17-6-8-18(9-7-17)22(2,3)4/h6-11,16H,5,12-15H2,1-4H3,(H,23,24,27). The fourth-order valence-corrected chi connectivity index (χ4v) is 3.28. The third-order valence-electron chi connectivity index (χ3n) is 5.19. The number of aromatic nitrogens is 1. The van der Waals surface area contributed by atoms with E-state index < -0.39 is 0 Å². The van der Waals surface area contributed by atoms with E-state index in [1.165, 1.54) is 5.56 Å². The predicted octanol–water partition coefficient (Wildman–Crippen LogP) is 3.77. The van der Waals surface area contributed by atoms with Gasteiger partial charge in [-0.25, -0.2) is 4.98 Å². The number of nitrogens with zero attached hydrogens (tertiary/aromatic N) is 3. The molecule has 2 heterocycles. The van der Waals surface area contributed by atoms with Crippen molar-refractivity contribution >= 4 is 17.4 Å². The van der Waals surface area contributed by atoms with Gasteiger partial charge in [0.05, 0.1) is 11.9 Å². The van der Waals surface area contributed by atoms with Gasteiger partial charge in [-0.05, 0) is 41.8 Å². The molecule has 0 radical (unpaired) electrons. The van der Waals surface area contributed by atoms with Crippen LogP contribution in [0.1, 0.15) is 43.6 Å². The Balaban J connectivity index is 1.60. The van der Waals surface area contributed by atoms with Crippen molar-refractivity contribution in [3.05, 3.63) is 53.7 Å². The average Bonchev–Trinajstić information content (AvgIpc) is 2.68. The lowest BCUT2D eigenvalue weighted by Gasteiger charge is -2.35. The SMILES string of the molecule is CCN1CCN(c2ccc(NC(=O)c3ccc(C(C)(C)C)cc3)nc2)CC1. The van der Waals surface area contributed by atoms with Crippen LogP contribution in [0, 0.1) is 0 Å². The van der Waals surface area contributed by atoms with Gasteiger partial charge in [-0.2, -0.15) is 0 Å². The Morgan fingerprint density at radius 1 is 1.04 bits per heavy atom. The van der Waals surface area contributed by atoms with Crippen LogP contribution in [0.3, 0.4) is 0 Å². The van der Waals surface area contributed by atoms with E-state index in [0.717, 1.165) is 38.4 Å². The van der Waals surface area contributed by atoms with Crippen LogP contribution in [0.15, 0.2) is 42.6 Å². The molecule has 1 aliphatic heterocycles. The number of anilines is 2. The van der Waals surface area contributed by atoms with E-state index in [0.29, 0.717) is 11.4 Å². The number of hydrogen-bond donors (Lipinski definition) is 1. The van der Waals surface area contributed by atoms with Crippen LogP contribution < -0.4 is 10.2 Å². The minimum Gasteiger partial charge on any atom is -0.368 e. The highest BCUT2D eigenvalue weighted by atomic mass is 16.1. The van der Waals surface area contributed by atoms with Gasteiger partial charge in [-0.1, -0.05) is 39.8 Å². The van der Waals surface area contributed by atoms with Gasteiger partial charge in [0.1, 0.15) is 5.82 Å². The van der Waals surface area contributed by atoms with Crippen molar-refractivity contribution in [2.75, 3.05) is 42.9 Å². The number of rotatable bonds is 4. The van der Waals surface area contributed by atoms with E-state index in [1.54, 1.807) is 0 Å². The second kappa shape index (κ2) is 8.09. The summed E-state index contributed by atoms with van der Waals surface area (Å²) in [4.78, 5) is 21.7. The molecule has 0 unspecified atom stereocenters. The maximum atomic E-state index is 12.5. The summed E-state index contributed by atoms with van der Waals surface area (Å²) in [6.07, 6.45) is 1.85. The average molecular weight is 367 g/mol. The van der Waals surface area contributed by atoms with E-state index >= 15 is 0 Å². The Morgan fingerprint density at radius 3 is 2.22 bits per heavy atom. The van der Waals surface area contributed by atoms with Gasteiger partial charge in [0.2, 0.25) is 0 Å². The first kappa shape index (κ1) is 19.4. The number of hydrogen-bond acceptors (Lipinski definition) is 4. The molecule has 144 valence electrons. The first-order chi connectivity index (χ1) is 12.9. The molecule has 1 fully saturated rings. The van der Waals surface area contributed by atoms with E-state index in [-0.39, 0.29) is 11.3 Å². The molecule has 0 saturated carbocycles. The zero-order chi connectivity index (χ0) is 19.4. The lowest BCUT2D eigenvalue weighted by atomic mass is 9.87. The molecule has 0 atom stereocenters. The highest BCUT2D eigenvalue weighted by Crippen LogP contribution is 2.22. The van der Waals surface area contributed by atoms with Crippen molar-refractivity contribution in [3.63, 3.8) is 0 Å². The van der Waals surface area contributed by atoms with Crippen LogP contribution in [0.5, 0.6) is 0 Å². The van der Waals surface area contributed by atoms with Gasteiger partial charge in [-0.15, -0.1) is 0 Å². The fourth-order valence-electron chi connectivity index (χ4n) is 3.28. The highest BCUT2D eigenvalue weighted by Gasteiger charge is 2.17. The summed E-state index contributed by atoms with van der Waals surface area (Å²) >= 11 is 0. The molecule has 1 saturated heterocycles. The van der Waals surface area contributed by atoms with E-state index in [4.69, 9.17) is 0 Å². The third kappa shape index (κ3) is 4.86. The quantitative estimate of drug-likeness (QED) is 0.895. The number of pyridine rings is 1. The smallest absolute Gasteiger partial charge is 0.256 e. The molecule has 5 nitrogen and oxygen atoms in total. The van der Waals surface area contributed by atoms with Gasteiger partial charge in [0, 0.05) is 31.7 Å². The lowest BCUT2D eigenvalue weighted by Crippen LogP contribution is -2.46. The monoisotopic (exact) mass is 366 g/mol. The molecule has 1 aromatic carbocycles. The van der Waals surface area contributed by atoms with Gasteiger partial charge in [-0.3, -0.25) is 4.79 Å². The zero-order valence-corrected chi connectivity index (χ0v) is 16.8. The molecule has 27 heavy (non-hydrogen) atoms. The summed E-state index contributed by atoms with van der Waals surface area (Å²) < 4.78 is 0. The van der Waals surface area contributed by atoms with Gasteiger partial charge in [0.25, 0.3) is 5.91 Å². The van der Waals surface area contributed by atoms with Crippen LogP contribution in [0.2, 0.25) is 0 Å². The third-order valence-corrected chi connectivity index (χ3v) is 5.19. The minimum absolute atomic E-state index is 0.0784. The maximum absolute atomic E-state index is 12.5. The lowest BCUT2D eigenvalue weighted by molar-refractivity contribution is 0.102. The molecule has 0 spiro atoms. The van der Waals surface area contributed by atoms with Crippen LogP contribution in [-0.2, 0) is 5.41 Å². The molecule has 3 rings (SSSR count). The molecule has 1 aliphatic rings. The second-order valence-corrected chi connectivity index (χ2v) is 8.10. The van der Waals surface area contributed by atoms with E-state index in [2.05, 4.69) is 47.8 Å². The minimum atomic E-state index is -0.132. The Labute approximate surface area is 162 Å². The van der Waals surface area contributed by atoms with Crippen molar-refractivity contribution in [3.8, 4) is 0 Å². The molecule has 2 aromatic rings. The van der Waals surface area contributed by atoms with Crippen LogP contribution in [-0.4, -0.2) is 48.5 Å². The number of likely N-dealkylation sites (N-methyl/N-ethyl adjacent to an activating group) is 1. The Hall–Kier alpha value is -2.40.